The molecule has 1 amide bonds. The lowest BCUT2D eigenvalue weighted by Crippen LogP contribution is -2.49. The molecule has 0 aromatic heterocycles. The van der Waals surface area contributed by atoms with Crippen LogP contribution in [0.3, 0.4) is 0 Å². The maximum Gasteiger partial charge on any atom is 0.234 e. The number of carbonyl (C=O) groups is 1. The fourth-order valence-electron chi connectivity index (χ4n) is 1.82. The quantitative estimate of drug-likeness (QED) is 0.455. The average Bonchev–Trinajstić information content (AvgIpc) is 2.22. The minimum Gasteiger partial charge on any atom is -0.346 e. The molecule has 4 nitrogen and oxygen atoms in total. The van der Waals surface area contributed by atoms with Crippen LogP contribution in [0.4, 0.5) is 0 Å². The summed E-state index contributed by atoms with van der Waals surface area (Å²) in [5.74, 6) is 0.147. The van der Waals surface area contributed by atoms with Crippen molar-refractivity contribution in [2.24, 2.45) is 0 Å². The number of rotatable bonds is 5. The van der Waals surface area contributed by atoms with Gasteiger partial charge in [0, 0.05) is 26.2 Å². The fourth-order valence-corrected chi connectivity index (χ4v) is 2.25. The van der Waals surface area contributed by atoms with E-state index in [9.17, 15) is 4.79 Å². The number of piperazine rings is 1. The summed E-state index contributed by atoms with van der Waals surface area (Å²) in [6.45, 7) is 8.21. The molecule has 0 spiro atoms. The Labute approximate surface area is 106 Å². The van der Waals surface area contributed by atoms with Crippen LogP contribution in [0.2, 0.25) is 0 Å². The number of nitrogens with zero attached hydrogens (tertiary/aromatic N) is 2. The van der Waals surface area contributed by atoms with Crippen LogP contribution in [0.25, 0.3) is 0 Å². The third-order valence-electron chi connectivity index (χ3n) is 2.64. The van der Waals surface area contributed by atoms with E-state index >= 15 is 0 Å². The van der Waals surface area contributed by atoms with Gasteiger partial charge in [-0.1, -0.05) is 29.5 Å². The first-order valence-corrected chi connectivity index (χ1v) is 7.06. The zero-order valence-corrected chi connectivity index (χ0v) is 11.5. The number of carbonyl (C=O) groups excluding carboxylic acids is 1. The van der Waals surface area contributed by atoms with Gasteiger partial charge in [0.05, 0.1) is 11.1 Å². The molecule has 1 aliphatic rings. The second-order valence-corrected chi connectivity index (χ2v) is 4.61. The Morgan fingerprint density at radius 2 is 1.87 bits per heavy atom. The Morgan fingerprint density at radius 1 is 1.27 bits per heavy atom. The molecule has 0 aromatic carbocycles. The van der Waals surface area contributed by atoms with Gasteiger partial charge < -0.3 is 10.2 Å². The summed E-state index contributed by atoms with van der Waals surface area (Å²) >= 11 is 2.15. The molecule has 1 rings (SSSR count). The van der Waals surface area contributed by atoms with Crippen LogP contribution in [-0.4, -0.2) is 59.5 Å². The van der Waals surface area contributed by atoms with Gasteiger partial charge in [0.2, 0.25) is 5.91 Å². The number of alkyl halides is 1. The Kier molecular flexibility index (Phi) is 6.51. The standard InChI is InChI=1S/C10H20IN3O/c1-2-3-13-4-6-14(7-5-13)8-10(15)12-9-11/h2-9H2,1H3,(H,12,15). The molecule has 0 aliphatic carbocycles. The first kappa shape index (κ1) is 13.2. The summed E-state index contributed by atoms with van der Waals surface area (Å²) in [7, 11) is 0. The second-order valence-electron chi connectivity index (χ2n) is 3.85. The average molecular weight is 325 g/mol. The van der Waals surface area contributed by atoms with Gasteiger partial charge in [0.15, 0.2) is 0 Å². The van der Waals surface area contributed by atoms with E-state index in [0.717, 1.165) is 26.2 Å². The van der Waals surface area contributed by atoms with E-state index in [4.69, 9.17) is 0 Å². The van der Waals surface area contributed by atoms with Gasteiger partial charge in [0.1, 0.15) is 0 Å². The van der Waals surface area contributed by atoms with Crippen LogP contribution in [0.5, 0.6) is 0 Å². The molecule has 1 heterocycles. The lowest BCUT2D eigenvalue weighted by molar-refractivity contribution is -0.122. The number of halogens is 1. The van der Waals surface area contributed by atoms with Crippen LogP contribution in [0.15, 0.2) is 0 Å². The summed E-state index contributed by atoms with van der Waals surface area (Å²) in [5, 5.41) is 2.82. The highest BCUT2D eigenvalue weighted by atomic mass is 127. The van der Waals surface area contributed by atoms with Gasteiger partial charge in [-0.25, -0.2) is 0 Å². The predicted molar refractivity (Wildman–Crippen MR) is 70.2 cm³/mol. The van der Waals surface area contributed by atoms with Gasteiger partial charge in [-0.05, 0) is 13.0 Å². The molecule has 0 aromatic rings. The van der Waals surface area contributed by atoms with Crippen molar-refractivity contribution < 1.29 is 4.79 Å². The molecule has 1 aliphatic heterocycles. The predicted octanol–water partition coefficient (Wildman–Crippen LogP) is 0.523. The molecule has 1 N–H and O–H groups in total. The number of hydrogen-bond donors (Lipinski definition) is 1. The Morgan fingerprint density at radius 3 is 2.40 bits per heavy atom. The lowest BCUT2D eigenvalue weighted by atomic mass is 10.3. The topological polar surface area (TPSA) is 35.6 Å². The summed E-state index contributed by atoms with van der Waals surface area (Å²) in [5.41, 5.74) is 0. The lowest BCUT2D eigenvalue weighted by Gasteiger charge is -2.33. The molecule has 0 atom stereocenters. The van der Waals surface area contributed by atoms with Crippen molar-refractivity contribution in [1.82, 2.24) is 15.1 Å². The molecule has 0 unspecified atom stereocenters. The van der Waals surface area contributed by atoms with Crippen molar-refractivity contribution in [3.05, 3.63) is 0 Å². The molecule has 5 heteroatoms. The van der Waals surface area contributed by atoms with Crippen molar-refractivity contribution >= 4 is 28.5 Å². The highest BCUT2D eigenvalue weighted by Crippen LogP contribution is 2.01. The first-order chi connectivity index (χ1) is 7.26. The van der Waals surface area contributed by atoms with Crippen molar-refractivity contribution in [3.8, 4) is 0 Å². The van der Waals surface area contributed by atoms with Crippen molar-refractivity contribution in [2.45, 2.75) is 13.3 Å². The zero-order valence-electron chi connectivity index (χ0n) is 9.34. The highest BCUT2D eigenvalue weighted by molar-refractivity contribution is 14.1. The summed E-state index contributed by atoms with van der Waals surface area (Å²) in [6, 6.07) is 0. The van der Waals surface area contributed by atoms with Crippen molar-refractivity contribution in [3.63, 3.8) is 0 Å². The number of hydrogen-bond acceptors (Lipinski definition) is 3. The smallest absolute Gasteiger partial charge is 0.234 e. The maximum atomic E-state index is 11.3. The molecule has 0 saturated carbocycles. The number of amides is 1. The maximum absolute atomic E-state index is 11.3. The van der Waals surface area contributed by atoms with Crippen LogP contribution in [0, 0.1) is 0 Å². The van der Waals surface area contributed by atoms with E-state index in [0.29, 0.717) is 11.1 Å². The van der Waals surface area contributed by atoms with Gasteiger partial charge in [-0.3, -0.25) is 9.69 Å². The van der Waals surface area contributed by atoms with Gasteiger partial charge in [-0.2, -0.15) is 0 Å². The molecule has 1 saturated heterocycles. The SMILES string of the molecule is CCCN1CCN(CC(=O)NCI)CC1. The van der Waals surface area contributed by atoms with Gasteiger partial charge >= 0.3 is 0 Å². The largest absolute Gasteiger partial charge is 0.346 e. The van der Waals surface area contributed by atoms with Crippen molar-refractivity contribution in [1.29, 1.82) is 0 Å². The van der Waals surface area contributed by atoms with Crippen LogP contribution < -0.4 is 5.32 Å². The zero-order chi connectivity index (χ0) is 11.1. The Balaban J connectivity index is 2.16. The third-order valence-corrected chi connectivity index (χ3v) is 3.02. The van der Waals surface area contributed by atoms with Crippen LogP contribution in [0.1, 0.15) is 13.3 Å². The van der Waals surface area contributed by atoms with Crippen LogP contribution in [-0.2, 0) is 4.79 Å². The molecular formula is C10H20IN3O. The molecule has 0 bridgehead atoms. The highest BCUT2D eigenvalue weighted by Gasteiger charge is 2.17. The first-order valence-electron chi connectivity index (χ1n) is 5.53. The van der Waals surface area contributed by atoms with E-state index in [1.807, 2.05) is 0 Å². The normalized spacial score (nSPS) is 19.1. The van der Waals surface area contributed by atoms with Gasteiger partial charge in [-0.15, -0.1) is 0 Å². The molecule has 15 heavy (non-hydrogen) atoms. The minimum atomic E-state index is 0.147. The van der Waals surface area contributed by atoms with E-state index < -0.39 is 0 Å². The van der Waals surface area contributed by atoms with Crippen molar-refractivity contribution in [2.75, 3.05) is 43.8 Å². The molecular weight excluding hydrogens is 305 g/mol. The minimum absolute atomic E-state index is 0.147. The second kappa shape index (κ2) is 7.40. The molecule has 88 valence electrons. The van der Waals surface area contributed by atoms with E-state index in [1.54, 1.807) is 0 Å². The summed E-state index contributed by atoms with van der Waals surface area (Å²) in [6.07, 6.45) is 1.22. The molecule has 1 fully saturated rings. The van der Waals surface area contributed by atoms with E-state index in [2.05, 4.69) is 44.6 Å². The Hall–Kier alpha value is 0.120. The van der Waals surface area contributed by atoms with Crippen LogP contribution >= 0.6 is 22.6 Å². The number of nitrogens with one attached hydrogen (secondary N) is 1. The molecule has 0 radical (unpaired) electrons. The third kappa shape index (κ3) is 5.12. The Bertz CT molecular complexity index is 193. The monoisotopic (exact) mass is 325 g/mol. The summed E-state index contributed by atoms with van der Waals surface area (Å²) < 4.78 is 0.701. The summed E-state index contributed by atoms with van der Waals surface area (Å²) in [4.78, 5) is 16.0. The fraction of sp³-hybridized carbons (Fsp3) is 0.900. The van der Waals surface area contributed by atoms with E-state index in [1.165, 1.54) is 13.0 Å². The van der Waals surface area contributed by atoms with E-state index in [-0.39, 0.29) is 5.91 Å². The van der Waals surface area contributed by atoms with Gasteiger partial charge in [0.25, 0.3) is 0 Å².